The number of hydrogen-bond donors (Lipinski definition) is 1. The van der Waals surface area contributed by atoms with Crippen LogP contribution in [0.25, 0.3) is 0 Å². The van der Waals surface area contributed by atoms with E-state index in [4.69, 9.17) is 11.6 Å². The minimum absolute atomic E-state index is 0.0623. The molecule has 0 bridgehead atoms. The van der Waals surface area contributed by atoms with E-state index >= 15 is 0 Å². The lowest BCUT2D eigenvalue weighted by Crippen LogP contribution is -2.30. The average Bonchev–Trinajstić information content (AvgIpc) is 2.98. The van der Waals surface area contributed by atoms with Gasteiger partial charge in [-0.25, -0.2) is 0 Å². The number of rotatable bonds is 6. The smallest absolute Gasteiger partial charge is 0.306 e. The van der Waals surface area contributed by atoms with Crippen LogP contribution in [0.5, 0.6) is 0 Å². The molecule has 0 saturated carbocycles. The first-order valence-corrected chi connectivity index (χ1v) is 6.46. The van der Waals surface area contributed by atoms with Crippen LogP contribution in [0.4, 0.5) is 5.69 Å². The van der Waals surface area contributed by atoms with Crippen molar-refractivity contribution in [3.8, 4) is 0 Å². The molecule has 0 fully saturated rings. The van der Waals surface area contributed by atoms with Gasteiger partial charge in [-0.2, -0.15) is 10.2 Å². The molecule has 0 atom stereocenters. The standard InChI is InChI=1S/C11H13ClN6O3/c1-8-10(12)6-17(15-8)7-11(19)13-2-3-16-5-9(4-14-16)18(20)21/h4-6H,2-3,7H2,1H3,(H,13,19). The number of halogens is 1. The molecule has 0 saturated heterocycles. The maximum atomic E-state index is 11.7. The summed E-state index contributed by atoms with van der Waals surface area (Å²) in [4.78, 5) is 21.7. The van der Waals surface area contributed by atoms with E-state index in [2.05, 4.69) is 15.5 Å². The molecule has 2 aromatic rings. The summed E-state index contributed by atoms with van der Waals surface area (Å²) in [5.74, 6) is -0.226. The van der Waals surface area contributed by atoms with Gasteiger partial charge in [0.15, 0.2) is 0 Å². The molecule has 1 N–H and O–H groups in total. The minimum Gasteiger partial charge on any atom is -0.353 e. The van der Waals surface area contributed by atoms with Crippen molar-refractivity contribution < 1.29 is 9.72 Å². The maximum Gasteiger partial charge on any atom is 0.306 e. The van der Waals surface area contributed by atoms with E-state index in [-0.39, 0.29) is 18.1 Å². The Labute approximate surface area is 124 Å². The van der Waals surface area contributed by atoms with Crippen LogP contribution in [-0.4, -0.2) is 36.9 Å². The van der Waals surface area contributed by atoms with Crippen molar-refractivity contribution >= 4 is 23.2 Å². The topological polar surface area (TPSA) is 108 Å². The largest absolute Gasteiger partial charge is 0.353 e. The minimum atomic E-state index is -0.522. The summed E-state index contributed by atoms with van der Waals surface area (Å²) >= 11 is 5.84. The molecule has 0 unspecified atom stereocenters. The van der Waals surface area contributed by atoms with Crippen LogP contribution in [0.2, 0.25) is 5.02 Å². The molecule has 2 aromatic heterocycles. The van der Waals surface area contributed by atoms with Gasteiger partial charge in [-0.15, -0.1) is 0 Å². The van der Waals surface area contributed by atoms with Crippen LogP contribution in [-0.2, 0) is 17.9 Å². The molecule has 9 nitrogen and oxygen atoms in total. The lowest BCUT2D eigenvalue weighted by molar-refractivity contribution is -0.385. The average molecular weight is 313 g/mol. The molecule has 0 spiro atoms. The van der Waals surface area contributed by atoms with E-state index in [9.17, 15) is 14.9 Å². The van der Waals surface area contributed by atoms with Gasteiger partial charge < -0.3 is 5.32 Å². The van der Waals surface area contributed by atoms with Crippen molar-refractivity contribution in [2.45, 2.75) is 20.0 Å². The Morgan fingerprint density at radius 3 is 2.81 bits per heavy atom. The Kier molecular flexibility index (Phi) is 4.53. The Hall–Kier alpha value is -2.42. The lowest BCUT2D eigenvalue weighted by Gasteiger charge is -2.05. The summed E-state index contributed by atoms with van der Waals surface area (Å²) in [5, 5.41) is 21.6. The van der Waals surface area contributed by atoms with E-state index in [1.54, 1.807) is 13.1 Å². The highest BCUT2D eigenvalue weighted by Gasteiger charge is 2.09. The first-order chi connectivity index (χ1) is 9.95. The van der Waals surface area contributed by atoms with E-state index in [1.165, 1.54) is 15.6 Å². The normalized spacial score (nSPS) is 10.6. The number of aromatic nitrogens is 4. The molecule has 0 radical (unpaired) electrons. The Balaban J connectivity index is 1.77. The van der Waals surface area contributed by atoms with E-state index in [1.807, 2.05) is 0 Å². The van der Waals surface area contributed by atoms with E-state index in [0.717, 1.165) is 6.20 Å². The zero-order valence-electron chi connectivity index (χ0n) is 11.2. The van der Waals surface area contributed by atoms with Gasteiger partial charge >= 0.3 is 5.69 Å². The summed E-state index contributed by atoms with van der Waals surface area (Å²) in [7, 11) is 0. The predicted octanol–water partition coefficient (Wildman–Crippen LogP) is 0.766. The number of carbonyl (C=O) groups excluding carboxylic acids is 1. The zero-order chi connectivity index (χ0) is 15.4. The summed E-state index contributed by atoms with van der Waals surface area (Å²) in [5.41, 5.74) is 0.580. The second-order valence-electron chi connectivity index (χ2n) is 4.33. The molecular weight excluding hydrogens is 300 g/mol. The number of aryl methyl sites for hydroxylation is 1. The van der Waals surface area contributed by atoms with E-state index in [0.29, 0.717) is 23.8 Å². The predicted molar refractivity (Wildman–Crippen MR) is 73.9 cm³/mol. The van der Waals surface area contributed by atoms with Gasteiger partial charge in [-0.1, -0.05) is 11.6 Å². The highest BCUT2D eigenvalue weighted by molar-refractivity contribution is 6.31. The third-order valence-corrected chi connectivity index (χ3v) is 3.06. The molecular formula is C11H13ClN6O3. The summed E-state index contributed by atoms with van der Waals surface area (Å²) in [6, 6.07) is 0. The van der Waals surface area contributed by atoms with Crippen LogP contribution in [0.15, 0.2) is 18.6 Å². The number of nitro groups is 1. The molecule has 0 aromatic carbocycles. The first-order valence-electron chi connectivity index (χ1n) is 6.09. The second kappa shape index (κ2) is 6.35. The third-order valence-electron chi connectivity index (χ3n) is 2.69. The number of hydrogen-bond acceptors (Lipinski definition) is 5. The third kappa shape index (κ3) is 4.02. The van der Waals surface area contributed by atoms with Crippen molar-refractivity contribution in [3.05, 3.63) is 39.4 Å². The molecule has 0 aliphatic rings. The lowest BCUT2D eigenvalue weighted by atomic mass is 10.5. The van der Waals surface area contributed by atoms with Crippen molar-refractivity contribution in [2.75, 3.05) is 6.54 Å². The van der Waals surface area contributed by atoms with Gasteiger partial charge in [0.2, 0.25) is 5.91 Å². The van der Waals surface area contributed by atoms with Crippen LogP contribution in [0.1, 0.15) is 5.69 Å². The maximum absolute atomic E-state index is 11.7. The molecule has 21 heavy (non-hydrogen) atoms. The number of carbonyl (C=O) groups is 1. The summed E-state index contributed by atoms with van der Waals surface area (Å²) in [6.45, 7) is 2.47. The Morgan fingerprint density at radius 1 is 1.48 bits per heavy atom. The fraction of sp³-hybridized carbons (Fsp3) is 0.364. The SMILES string of the molecule is Cc1nn(CC(=O)NCCn2cc([N+](=O)[O-])cn2)cc1Cl. The number of amides is 1. The molecule has 112 valence electrons. The van der Waals surface area contributed by atoms with Crippen molar-refractivity contribution in [1.29, 1.82) is 0 Å². The van der Waals surface area contributed by atoms with Crippen molar-refractivity contribution in [2.24, 2.45) is 0 Å². The summed E-state index contributed by atoms with van der Waals surface area (Å²) < 4.78 is 2.85. The van der Waals surface area contributed by atoms with Gasteiger partial charge in [0.1, 0.15) is 18.9 Å². The van der Waals surface area contributed by atoms with Crippen molar-refractivity contribution in [3.63, 3.8) is 0 Å². The van der Waals surface area contributed by atoms with Gasteiger partial charge in [-0.3, -0.25) is 24.3 Å². The molecule has 0 aliphatic heterocycles. The fourth-order valence-electron chi connectivity index (χ4n) is 1.66. The molecule has 0 aliphatic carbocycles. The van der Waals surface area contributed by atoms with Crippen LogP contribution >= 0.6 is 11.6 Å². The molecule has 2 heterocycles. The van der Waals surface area contributed by atoms with Gasteiger partial charge in [0.25, 0.3) is 0 Å². The zero-order valence-corrected chi connectivity index (χ0v) is 11.9. The number of nitrogens with zero attached hydrogens (tertiary/aromatic N) is 5. The van der Waals surface area contributed by atoms with Gasteiger partial charge in [0, 0.05) is 12.7 Å². The fourth-order valence-corrected chi connectivity index (χ4v) is 1.81. The van der Waals surface area contributed by atoms with Crippen molar-refractivity contribution in [1.82, 2.24) is 24.9 Å². The number of nitrogens with one attached hydrogen (secondary N) is 1. The highest BCUT2D eigenvalue weighted by atomic mass is 35.5. The quantitative estimate of drug-likeness (QED) is 0.626. The molecule has 10 heteroatoms. The van der Waals surface area contributed by atoms with Crippen LogP contribution in [0, 0.1) is 17.0 Å². The van der Waals surface area contributed by atoms with E-state index < -0.39 is 4.92 Å². The summed E-state index contributed by atoms with van der Waals surface area (Å²) in [6.07, 6.45) is 4.05. The molecule has 1 amide bonds. The second-order valence-corrected chi connectivity index (χ2v) is 4.74. The molecule has 2 rings (SSSR count). The Morgan fingerprint density at radius 2 is 2.24 bits per heavy atom. The highest BCUT2D eigenvalue weighted by Crippen LogP contribution is 2.11. The van der Waals surface area contributed by atoms with Crippen LogP contribution < -0.4 is 5.32 Å². The van der Waals surface area contributed by atoms with Crippen LogP contribution in [0.3, 0.4) is 0 Å². The van der Waals surface area contributed by atoms with Gasteiger partial charge in [-0.05, 0) is 6.92 Å². The first kappa shape index (κ1) is 15.0. The monoisotopic (exact) mass is 312 g/mol. The van der Waals surface area contributed by atoms with Gasteiger partial charge in [0.05, 0.1) is 22.2 Å². The Bertz CT molecular complexity index is 645.